The third-order valence-electron chi connectivity index (χ3n) is 3.17. The van der Waals surface area contributed by atoms with Crippen LogP contribution in [0.15, 0.2) is 0 Å². The number of carbonyl (C=O) groups is 2. The van der Waals surface area contributed by atoms with Crippen molar-refractivity contribution in [2.75, 3.05) is 18.1 Å². The highest BCUT2D eigenvalue weighted by atomic mass is 32.2. The van der Waals surface area contributed by atoms with E-state index in [4.69, 9.17) is 15.7 Å². The Labute approximate surface area is 123 Å². The normalized spacial score (nSPS) is 18.1. The SMILES string of the molecule is CCOC(=O)C(N)CSCC(=O)NC1(C#N)CCCC1. The minimum absolute atomic E-state index is 0.186. The number of hydrogen-bond acceptors (Lipinski definition) is 6. The number of carbonyl (C=O) groups excluding carboxylic acids is 2. The molecule has 1 fully saturated rings. The molecule has 0 bridgehead atoms. The molecule has 0 heterocycles. The van der Waals surface area contributed by atoms with E-state index in [-0.39, 0.29) is 11.7 Å². The molecule has 0 aromatic heterocycles. The second-order valence-electron chi connectivity index (χ2n) is 4.82. The molecule has 0 spiro atoms. The van der Waals surface area contributed by atoms with Gasteiger partial charge in [-0.2, -0.15) is 5.26 Å². The van der Waals surface area contributed by atoms with Gasteiger partial charge in [0, 0.05) is 5.75 Å². The molecule has 7 heteroatoms. The fourth-order valence-corrected chi connectivity index (χ4v) is 2.91. The Morgan fingerprint density at radius 2 is 2.15 bits per heavy atom. The van der Waals surface area contributed by atoms with Crippen molar-refractivity contribution in [3.05, 3.63) is 0 Å². The predicted molar refractivity (Wildman–Crippen MR) is 76.9 cm³/mol. The smallest absolute Gasteiger partial charge is 0.323 e. The average molecular weight is 299 g/mol. The zero-order valence-electron chi connectivity index (χ0n) is 11.7. The Balaban J connectivity index is 2.27. The lowest BCUT2D eigenvalue weighted by Crippen LogP contribution is -2.46. The molecule has 1 atom stereocenters. The predicted octanol–water partition coefficient (Wildman–Crippen LogP) is 0.563. The molecule has 1 aliphatic carbocycles. The first-order chi connectivity index (χ1) is 9.53. The minimum atomic E-state index is -0.718. The average Bonchev–Trinajstić information content (AvgIpc) is 2.88. The summed E-state index contributed by atoms with van der Waals surface area (Å²) in [6.45, 7) is 2.01. The van der Waals surface area contributed by atoms with Crippen molar-refractivity contribution in [1.82, 2.24) is 5.32 Å². The maximum absolute atomic E-state index is 11.8. The Morgan fingerprint density at radius 3 is 2.70 bits per heavy atom. The van der Waals surface area contributed by atoms with Crippen LogP contribution in [0.1, 0.15) is 32.6 Å². The molecule has 0 aromatic carbocycles. The van der Waals surface area contributed by atoms with Gasteiger partial charge in [-0.15, -0.1) is 11.8 Å². The first-order valence-electron chi connectivity index (χ1n) is 6.75. The van der Waals surface area contributed by atoms with E-state index in [0.29, 0.717) is 25.2 Å². The van der Waals surface area contributed by atoms with Crippen molar-refractivity contribution in [1.29, 1.82) is 5.26 Å². The summed E-state index contributed by atoms with van der Waals surface area (Å²) in [6, 6.07) is 1.48. The Bertz CT molecular complexity index is 389. The summed E-state index contributed by atoms with van der Waals surface area (Å²) in [5, 5.41) is 12.0. The number of esters is 1. The topological polar surface area (TPSA) is 105 Å². The van der Waals surface area contributed by atoms with E-state index in [2.05, 4.69) is 11.4 Å². The van der Waals surface area contributed by atoms with Gasteiger partial charge in [0.1, 0.15) is 11.6 Å². The monoisotopic (exact) mass is 299 g/mol. The molecule has 0 saturated heterocycles. The van der Waals surface area contributed by atoms with E-state index in [1.54, 1.807) is 6.92 Å². The Morgan fingerprint density at radius 1 is 1.50 bits per heavy atom. The zero-order chi connectivity index (χ0) is 15.0. The van der Waals surface area contributed by atoms with Crippen molar-refractivity contribution < 1.29 is 14.3 Å². The molecule has 0 radical (unpaired) electrons. The number of nitrogens with one attached hydrogen (secondary N) is 1. The van der Waals surface area contributed by atoms with Crippen LogP contribution in [0.4, 0.5) is 0 Å². The molecular formula is C13H21N3O3S. The Hall–Kier alpha value is -1.26. The number of nitrogens with two attached hydrogens (primary N) is 1. The van der Waals surface area contributed by atoms with Gasteiger partial charge in [-0.05, 0) is 32.6 Å². The number of hydrogen-bond donors (Lipinski definition) is 2. The molecule has 1 unspecified atom stereocenters. The summed E-state index contributed by atoms with van der Waals surface area (Å²) < 4.78 is 4.78. The molecule has 3 N–H and O–H groups in total. The molecule has 1 aliphatic rings. The molecule has 1 amide bonds. The van der Waals surface area contributed by atoms with E-state index in [0.717, 1.165) is 12.8 Å². The zero-order valence-corrected chi connectivity index (χ0v) is 12.5. The summed E-state index contributed by atoms with van der Waals surface area (Å²) >= 11 is 1.27. The summed E-state index contributed by atoms with van der Waals surface area (Å²) in [6.07, 6.45) is 3.36. The number of amides is 1. The summed E-state index contributed by atoms with van der Waals surface area (Å²) in [5.74, 6) is -0.123. The van der Waals surface area contributed by atoms with Crippen LogP contribution in [0.3, 0.4) is 0 Å². The van der Waals surface area contributed by atoms with Gasteiger partial charge in [0.2, 0.25) is 5.91 Å². The first-order valence-corrected chi connectivity index (χ1v) is 7.90. The van der Waals surface area contributed by atoms with Crippen LogP contribution in [0, 0.1) is 11.3 Å². The van der Waals surface area contributed by atoms with Crippen molar-refractivity contribution >= 4 is 23.6 Å². The highest BCUT2D eigenvalue weighted by Gasteiger charge is 2.35. The molecule has 0 aliphatic heterocycles. The van der Waals surface area contributed by atoms with Crippen molar-refractivity contribution in [3.8, 4) is 6.07 Å². The second kappa shape index (κ2) is 8.12. The molecule has 1 saturated carbocycles. The first kappa shape index (κ1) is 16.8. The van der Waals surface area contributed by atoms with Gasteiger partial charge >= 0.3 is 5.97 Å². The van der Waals surface area contributed by atoms with Crippen LogP contribution < -0.4 is 11.1 Å². The lowest BCUT2D eigenvalue weighted by Gasteiger charge is -2.21. The van der Waals surface area contributed by atoms with Crippen LogP contribution >= 0.6 is 11.8 Å². The van der Waals surface area contributed by atoms with Gasteiger partial charge in [-0.3, -0.25) is 9.59 Å². The summed E-state index contributed by atoms with van der Waals surface area (Å²) in [5.41, 5.74) is 4.93. The van der Waals surface area contributed by atoms with Crippen molar-refractivity contribution in [2.24, 2.45) is 5.73 Å². The lowest BCUT2D eigenvalue weighted by atomic mass is 10.0. The highest BCUT2D eigenvalue weighted by molar-refractivity contribution is 8.00. The maximum atomic E-state index is 11.8. The number of ether oxygens (including phenoxy) is 1. The van der Waals surface area contributed by atoms with E-state index in [1.165, 1.54) is 11.8 Å². The molecule has 112 valence electrons. The molecule has 1 rings (SSSR count). The molecule has 6 nitrogen and oxygen atoms in total. The number of thioether (sulfide) groups is 1. The quantitative estimate of drug-likeness (QED) is 0.666. The van der Waals surface area contributed by atoms with Crippen molar-refractivity contribution in [3.63, 3.8) is 0 Å². The van der Waals surface area contributed by atoms with E-state index in [1.807, 2.05) is 0 Å². The molecular weight excluding hydrogens is 278 g/mol. The number of nitriles is 1. The minimum Gasteiger partial charge on any atom is -0.465 e. The molecule has 20 heavy (non-hydrogen) atoms. The van der Waals surface area contributed by atoms with Gasteiger partial charge in [-0.25, -0.2) is 0 Å². The van der Waals surface area contributed by atoms with Gasteiger partial charge in [0.15, 0.2) is 0 Å². The fourth-order valence-electron chi connectivity index (χ4n) is 2.14. The van der Waals surface area contributed by atoms with Crippen LogP contribution in [0.25, 0.3) is 0 Å². The second-order valence-corrected chi connectivity index (χ2v) is 5.85. The standard InChI is InChI=1S/C13H21N3O3S/c1-2-19-12(18)10(15)7-20-8-11(17)16-13(9-14)5-3-4-6-13/h10H,2-8,15H2,1H3,(H,16,17). The third kappa shape index (κ3) is 5.02. The fraction of sp³-hybridized carbons (Fsp3) is 0.769. The van der Waals surface area contributed by atoms with Crippen molar-refractivity contribution in [2.45, 2.75) is 44.2 Å². The largest absolute Gasteiger partial charge is 0.465 e. The molecule has 0 aromatic rings. The van der Waals surface area contributed by atoms with Crippen LogP contribution in [-0.2, 0) is 14.3 Å². The van der Waals surface area contributed by atoms with E-state index < -0.39 is 17.6 Å². The van der Waals surface area contributed by atoms with Gasteiger partial charge in [0.05, 0.1) is 18.4 Å². The van der Waals surface area contributed by atoms with Crippen LogP contribution in [-0.4, -0.2) is 41.6 Å². The van der Waals surface area contributed by atoms with E-state index >= 15 is 0 Å². The van der Waals surface area contributed by atoms with Crippen LogP contribution in [0.2, 0.25) is 0 Å². The highest BCUT2D eigenvalue weighted by Crippen LogP contribution is 2.28. The lowest BCUT2D eigenvalue weighted by molar-refractivity contribution is -0.144. The van der Waals surface area contributed by atoms with E-state index in [9.17, 15) is 9.59 Å². The third-order valence-corrected chi connectivity index (χ3v) is 4.23. The number of nitrogens with zero attached hydrogens (tertiary/aromatic N) is 1. The van der Waals surface area contributed by atoms with Gasteiger partial charge < -0.3 is 15.8 Å². The van der Waals surface area contributed by atoms with Crippen LogP contribution in [0.5, 0.6) is 0 Å². The van der Waals surface area contributed by atoms with Gasteiger partial charge in [-0.1, -0.05) is 0 Å². The maximum Gasteiger partial charge on any atom is 0.323 e. The summed E-state index contributed by atoms with van der Waals surface area (Å²) in [4.78, 5) is 23.1. The summed E-state index contributed by atoms with van der Waals surface area (Å²) in [7, 11) is 0. The number of rotatable bonds is 7. The Kier molecular flexibility index (Phi) is 6.82. The van der Waals surface area contributed by atoms with Gasteiger partial charge in [0.25, 0.3) is 0 Å².